The minimum absolute atomic E-state index is 0.129. The Bertz CT molecular complexity index is 1480. The van der Waals surface area contributed by atoms with Gasteiger partial charge in [0.25, 0.3) is 5.91 Å². The minimum atomic E-state index is -0.399. The average Bonchev–Trinajstić information content (AvgIpc) is 3.38. The van der Waals surface area contributed by atoms with Crippen LogP contribution in [0.15, 0.2) is 91.1 Å². The number of aromatic hydroxyl groups is 1. The lowest BCUT2D eigenvalue weighted by Gasteiger charge is -2.10. The highest BCUT2D eigenvalue weighted by molar-refractivity contribution is 6.08. The Kier molecular flexibility index (Phi) is 8.42. The summed E-state index contributed by atoms with van der Waals surface area (Å²) in [4.78, 5) is 36.4. The highest BCUT2D eigenvalue weighted by atomic mass is 16.5. The van der Waals surface area contributed by atoms with Crippen LogP contribution in [0.5, 0.6) is 17.4 Å². The van der Waals surface area contributed by atoms with Crippen LogP contribution in [0, 0.1) is 6.92 Å². The van der Waals surface area contributed by atoms with E-state index in [4.69, 9.17) is 14.9 Å². The Morgan fingerprint density at radius 3 is 2.37 bits per heavy atom. The van der Waals surface area contributed by atoms with Crippen LogP contribution >= 0.6 is 0 Å². The van der Waals surface area contributed by atoms with E-state index in [-0.39, 0.29) is 36.2 Å². The maximum absolute atomic E-state index is 12.7. The maximum Gasteiger partial charge on any atom is 0.256 e. The number of aromatic amines is 1. The number of hydrogen-bond acceptors (Lipinski definition) is 7. The zero-order valence-corrected chi connectivity index (χ0v) is 20.6. The summed E-state index contributed by atoms with van der Waals surface area (Å²) in [5.74, 6) is 0.506. The van der Waals surface area contributed by atoms with E-state index in [1.165, 1.54) is 11.8 Å². The van der Waals surface area contributed by atoms with E-state index in [2.05, 4.69) is 20.3 Å². The summed E-state index contributed by atoms with van der Waals surface area (Å²) < 4.78 is 5.73. The summed E-state index contributed by atoms with van der Waals surface area (Å²) in [7, 11) is 0. The highest BCUT2D eigenvalue weighted by Crippen LogP contribution is 2.24. The summed E-state index contributed by atoms with van der Waals surface area (Å²) in [6.45, 7) is 1.95. The summed E-state index contributed by atoms with van der Waals surface area (Å²) in [6.07, 6.45) is 1.51. The molecule has 5 rings (SSSR count). The van der Waals surface area contributed by atoms with Crippen molar-refractivity contribution >= 4 is 22.7 Å². The number of aromatic nitrogens is 3. The van der Waals surface area contributed by atoms with Crippen molar-refractivity contribution in [3.05, 3.63) is 114 Å². The molecule has 0 spiro atoms. The van der Waals surface area contributed by atoms with Crippen molar-refractivity contribution in [2.75, 3.05) is 13.2 Å². The van der Waals surface area contributed by atoms with Crippen LogP contribution in [0.3, 0.4) is 0 Å². The lowest BCUT2D eigenvalue weighted by atomic mass is 10.1. The molecule has 0 atom stereocenters. The van der Waals surface area contributed by atoms with Crippen LogP contribution in [0.4, 0.5) is 0 Å². The second-order valence-electron chi connectivity index (χ2n) is 8.23. The number of aliphatic hydroxyl groups excluding tert-OH is 1. The SMILES string of the molecule is Cc1ccc(O)cc1.O=C(c1ccc(Oc2ncccc2C(=O)NCCO)cc1)c1nc2ccccc2[nH]1. The van der Waals surface area contributed by atoms with Gasteiger partial charge in [0.05, 0.1) is 17.6 Å². The number of carbonyl (C=O) groups is 2. The Morgan fingerprint density at radius 2 is 1.68 bits per heavy atom. The van der Waals surface area contributed by atoms with Gasteiger partial charge in [0.1, 0.15) is 17.1 Å². The number of carbonyl (C=O) groups excluding carboxylic acids is 2. The first-order chi connectivity index (χ1) is 18.4. The number of phenols is 1. The fraction of sp³-hybridized carbons (Fsp3) is 0.103. The third-order valence-electron chi connectivity index (χ3n) is 5.38. The van der Waals surface area contributed by atoms with Crippen molar-refractivity contribution in [3.63, 3.8) is 0 Å². The molecule has 3 aromatic carbocycles. The molecule has 0 aliphatic rings. The first-order valence-corrected chi connectivity index (χ1v) is 11.8. The van der Waals surface area contributed by atoms with Crippen molar-refractivity contribution in [2.24, 2.45) is 0 Å². The average molecular weight is 511 g/mol. The zero-order valence-electron chi connectivity index (χ0n) is 20.6. The van der Waals surface area contributed by atoms with Crippen molar-refractivity contribution in [2.45, 2.75) is 6.92 Å². The van der Waals surface area contributed by atoms with Gasteiger partial charge in [-0.2, -0.15) is 0 Å². The molecular weight excluding hydrogens is 484 g/mol. The zero-order chi connectivity index (χ0) is 26.9. The molecule has 9 nitrogen and oxygen atoms in total. The van der Waals surface area contributed by atoms with E-state index in [1.807, 2.05) is 43.3 Å². The van der Waals surface area contributed by atoms with Gasteiger partial charge < -0.3 is 25.3 Å². The van der Waals surface area contributed by atoms with Gasteiger partial charge in [-0.3, -0.25) is 9.59 Å². The number of rotatable bonds is 7. The number of phenolic OH excluding ortho intramolecular Hbond substituents is 1. The fourth-order valence-electron chi connectivity index (χ4n) is 3.44. The van der Waals surface area contributed by atoms with Gasteiger partial charge in [0, 0.05) is 18.3 Å². The van der Waals surface area contributed by atoms with E-state index >= 15 is 0 Å². The smallest absolute Gasteiger partial charge is 0.256 e. The largest absolute Gasteiger partial charge is 0.508 e. The van der Waals surface area contributed by atoms with Crippen LogP contribution in [0.25, 0.3) is 11.0 Å². The number of aryl methyl sites for hydroxylation is 1. The lowest BCUT2D eigenvalue weighted by Crippen LogP contribution is -2.26. The van der Waals surface area contributed by atoms with Gasteiger partial charge >= 0.3 is 0 Å². The van der Waals surface area contributed by atoms with E-state index in [9.17, 15) is 9.59 Å². The number of fused-ring (bicyclic) bond motifs is 1. The molecule has 1 amide bonds. The number of pyridine rings is 1. The predicted molar refractivity (Wildman–Crippen MR) is 143 cm³/mol. The van der Waals surface area contributed by atoms with Gasteiger partial charge in [-0.15, -0.1) is 0 Å². The number of benzene rings is 3. The number of H-pyrrole nitrogens is 1. The molecule has 0 saturated carbocycles. The number of imidazole rings is 1. The van der Waals surface area contributed by atoms with Crippen LogP contribution in [-0.2, 0) is 0 Å². The lowest BCUT2D eigenvalue weighted by molar-refractivity contribution is 0.0941. The van der Waals surface area contributed by atoms with Crippen molar-refractivity contribution < 1.29 is 24.5 Å². The Morgan fingerprint density at radius 1 is 0.947 bits per heavy atom. The van der Waals surface area contributed by atoms with Gasteiger partial charge in [-0.1, -0.05) is 29.8 Å². The predicted octanol–water partition coefficient (Wildman–Crippen LogP) is 4.40. The molecule has 0 aliphatic carbocycles. The third kappa shape index (κ3) is 6.59. The summed E-state index contributed by atoms with van der Waals surface area (Å²) in [5.41, 5.74) is 3.38. The molecule has 0 saturated heterocycles. The summed E-state index contributed by atoms with van der Waals surface area (Å²) >= 11 is 0. The Labute approximate surface area is 218 Å². The molecule has 2 heterocycles. The second-order valence-corrected chi connectivity index (χ2v) is 8.23. The van der Waals surface area contributed by atoms with Crippen molar-refractivity contribution in [1.29, 1.82) is 0 Å². The molecule has 0 aliphatic heterocycles. The molecule has 9 heteroatoms. The Balaban J connectivity index is 0.000000360. The van der Waals surface area contributed by atoms with Crippen LogP contribution < -0.4 is 10.1 Å². The number of ether oxygens (including phenoxy) is 1. The summed E-state index contributed by atoms with van der Waals surface area (Å²) in [5, 5.41) is 20.2. The molecule has 5 aromatic rings. The maximum atomic E-state index is 12.7. The minimum Gasteiger partial charge on any atom is -0.508 e. The number of nitrogens with zero attached hydrogens (tertiary/aromatic N) is 2. The number of ketones is 1. The van der Waals surface area contributed by atoms with Gasteiger partial charge in [-0.25, -0.2) is 9.97 Å². The normalized spacial score (nSPS) is 10.4. The molecule has 192 valence electrons. The second kappa shape index (κ2) is 12.3. The van der Waals surface area contributed by atoms with Crippen LogP contribution in [0.1, 0.15) is 32.1 Å². The molecule has 38 heavy (non-hydrogen) atoms. The number of amides is 1. The topological polar surface area (TPSA) is 137 Å². The molecule has 0 unspecified atom stereocenters. The molecule has 0 fully saturated rings. The highest BCUT2D eigenvalue weighted by Gasteiger charge is 2.16. The Hall–Kier alpha value is -5.02. The first-order valence-electron chi connectivity index (χ1n) is 11.8. The quantitative estimate of drug-likeness (QED) is 0.238. The first kappa shape index (κ1) is 26.1. The fourth-order valence-corrected chi connectivity index (χ4v) is 3.44. The van der Waals surface area contributed by atoms with Crippen LogP contribution in [-0.4, -0.2) is 50.0 Å². The molecule has 0 radical (unpaired) electrons. The number of hydrogen-bond donors (Lipinski definition) is 4. The third-order valence-corrected chi connectivity index (χ3v) is 5.38. The van der Waals surface area contributed by atoms with Crippen LogP contribution in [0.2, 0.25) is 0 Å². The number of aliphatic hydroxyl groups is 1. The van der Waals surface area contributed by atoms with Crippen molar-refractivity contribution in [1.82, 2.24) is 20.3 Å². The molecule has 4 N–H and O–H groups in total. The number of nitrogens with one attached hydrogen (secondary N) is 2. The summed E-state index contributed by atoms with van der Waals surface area (Å²) in [6, 6.07) is 24.2. The van der Waals surface area contributed by atoms with E-state index in [0.29, 0.717) is 17.1 Å². The monoisotopic (exact) mass is 510 g/mol. The van der Waals surface area contributed by atoms with Crippen molar-refractivity contribution in [3.8, 4) is 17.4 Å². The standard InChI is InChI=1S/C22H18N4O4.C7H8O/c27-13-12-23-21(29)16-4-3-11-24-22(16)30-15-9-7-14(8-10-15)19(28)20-25-17-5-1-2-6-18(17)26-20;1-6-2-4-7(8)5-3-6/h1-11,27H,12-13H2,(H,23,29)(H,25,26);2-5,8H,1H3. The molecule has 0 bridgehead atoms. The van der Waals surface area contributed by atoms with Gasteiger partial charge in [0.15, 0.2) is 5.82 Å². The number of para-hydroxylation sites is 2. The van der Waals surface area contributed by atoms with E-state index in [0.717, 1.165) is 11.0 Å². The van der Waals surface area contributed by atoms with Gasteiger partial charge in [0.2, 0.25) is 11.7 Å². The molecule has 2 aromatic heterocycles. The molecular formula is C29H26N4O5. The van der Waals surface area contributed by atoms with Gasteiger partial charge in [-0.05, 0) is 67.6 Å². The van der Waals surface area contributed by atoms with E-state index < -0.39 is 5.91 Å². The van der Waals surface area contributed by atoms with E-state index in [1.54, 1.807) is 48.5 Å².